The van der Waals surface area contributed by atoms with Crippen LogP contribution >= 0.6 is 11.6 Å². The molecule has 6 nitrogen and oxygen atoms in total. The molecule has 0 unspecified atom stereocenters. The molecule has 20 heavy (non-hydrogen) atoms. The third-order valence-corrected chi connectivity index (χ3v) is 4.63. The van der Waals surface area contributed by atoms with E-state index in [1.54, 1.807) is 0 Å². The number of carbonyl (C=O) groups excluding carboxylic acids is 1. The van der Waals surface area contributed by atoms with Gasteiger partial charge in [0.1, 0.15) is 4.90 Å². The zero-order chi connectivity index (χ0) is 15.6. The number of carbonyl (C=O) groups is 1. The average molecular weight is 322 g/mol. The number of halogens is 1. The number of hydrogen-bond acceptors (Lipinski definition) is 5. The molecule has 0 amide bonds. The molecule has 8 heteroatoms. The van der Waals surface area contributed by atoms with Crippen LogP contribution in [0.2, 0.25) is 5.02 Å². The van der Waals surface area contributed by atoms with Gasteiger partial charge in [-0.3, -0.25) is 0 Å². The summed E-state index contributed by atoms with van der Waals surface area (Å²) in [5.74, 6) is -0.667. The number of benzene rings is 1. The lowest BCUT2D eigenvalue weighted by Gasteiger charge is -2.23. The summed E-state index contributed by atoms with van der Waals surface area (Å²) in [6.45, 7) is 2.64. The molecule has 112 valence electrons. The van der Waals surface area contributed by atoms with E-state index in [9.17, 15) is 13.2 Å². The van der Waals surface area contributed by atoms with Crippen LogP contribution in [0.25, 0.3) is 0 Å². The highest BCUT2D eigenvalue weighted by Gasteiger charge is 2.28. The van der Waals surface area contributed by atoms with Crippen molar-refractivity contribution in [3.63, 3.8) is 0 Å². The summed E-state index contributed by atoms with van der Waals surface area (Å²) >= 11 is 5.87. The van der Waals surface area contributed by atoms with Gasteiger partial charge in [0.2, 0.25) is 10.0 Å². The summed E-state index contributed by atoms with van der Waals surface area (Å²) in [6.07, 6.45) is 0. The Bertz CT molecular complexity index is 612. The maximum absolute atomic E-state index is 12.2. The molecule has 0 saturated heterocycles. The molecule has 1 rings (SSSR count). The van der Waals surface area contributed by atoms with Crippen molar-refractivity contribution in [2.75, 3.05) is 13.7 Å². The van der Waals surface area contributed by atoms with Gasteiger partial charge in [0.25, 0.3) is 0 Å². The first-order valence-electron chi connectivity index (χ1n) is 5.65. The number of nitrogens with one attached hydrogen (secondary N) is 1. The van der Waals surface area contributed by atoms with Crippen molar-refractivity contribution in [2.45, 2.75) is 24.3 Å². The molecule has 0 spiro atoms. The van der Waals surface area contributed by atoms with Crippen LogP contribution in [0.1, 0.15) is 24.2 Å². The fraction of sp³-hybridized carbons (Fsp3) is 0.417. The van der Waals surface area contributed by atoms with Crippen molar-refractivity contribution in [1.82, 2.24) is 4.72 Å². The normalized spacial score (nSPS) is 12.2. The molecule has 0 aliphatic carbocycles. The predicted molar refractivity (Wildman–Crippen MR) is 74.3 cm³/mol. The summed E-state index contributed by atoms with van der Waals surface area (Å²) in [5, 5.41) is 9.09. The van der Waals surface area contributed by atoms with E-state index in [2.05, 4.69) is 9.46 Å². The smallest absolute Gasteiger partial charge is 0.337 e. The van der Waals surface area contributed by atoms with E-state index in [0.717, 1.165) is 6.07 Å². The summed E-state index contributed by atoms with van der Waals surface area (Å²) < 4.78 is 31.3. The molecule has 2 N–H and O–H groups in total. The minimum atomic E-state index is -3.97. The van der Waals surface area contributed by atoms with E-state index < -0.39 is 21.5 Å². The number of methoxy groups -OCH3 is 1. The van der Waals surface area contributed by atoms with Crippen LogP contribution in [0.4, 0.5) is 0 Å². The van der Waals surface area contributed by atoms with Crippen molar-refractivity contribution in [3.8, 4) is 0 Å². The Morgan fingerprint density at radius 3 is 2.55 bits per heavy atom. The van der Waals surface area contributed by atoms with E-state index in [0.29, 0.717) is 0 Å². The van der Waals surface area contributed by atoms with Gasteiger partial charge in [-0.25, -0.2) is 17.9 Å². The average Bonchev–Trinajstić information content (AvgIpc) is 2.37. The zero-order valence-electron chi connectivity index (χ0n) is 11.3. The fourth-order valence-corrected chi connectivity index (χ4v) is 3.34. The molecular formula is C12H16ClNO5S. The van der Waals surface area contributed by atoms with Gasteiger partial charge in [-0.05, 0) is 32.0 Å². The van der Waals surface area contributed by atoms with Gasteiger partial charge >= 0.3 is 5.97 Å². The molecule has 0 bridgehead atoms. The van der Waals surface area contributed by atoms with Crippen LogP contribution in [0.15, 0.2) is 23.1 Å². The maximum atomic E-state index is 12.2. The Kier molecular flexibility index (Phi) is 5.15. The molecule has 0 heterocycles. The molecule has 0 radical (unpaired) electrons. The maximum Gasteiger partial charge on any atom is 0.337 e. The number of sulfonamides is 1. The molecule has 1 aromatic rings. The zero-order valence-corrected chi connectivity index (χ0v) is 12.9. The molecule has 0 aliphatic heterocycles. The SMILES string of the molecule is COC(=O)c1ccc(Cl)c(S(=O)(=O)NC(C)(C)CO)c1. The topological polar surface area (TPSA) is 92.7 Å². The van der Waals surface area contributed by atoms with Crippen LogP contribution in [-0.4, -0.2) is 38.7 Å². The predicted octanol–water partition coefficient (Wildman–Crippen LogP) is 1.18. The minimum absolute atomic E-state index is 0.0288. The Labute approximate surface area is 122 Å². The van der Waals surface area contributed by atoms with Gasteiger partial charge in [0, 0.05) is 0 Å². The largest absolute Gasteiger partial charge is 0.465 e. The Balaban J connectivity index is 3.28. The van der Waals surface area contributed by atoms with Gasteiger partial charge in [-0.15, -0.1) is 0 Å². The van der Waals surface area contributed by atoms with Gasteiger partial charge in [-0.2, -0.15) is 0 Å². The highest BCUT2D eigenvalue weighted by atomic mass is 35.5. The highest BCUT2D eigenvalue weighted by molar-refractivity contribution is 7.89. The third kappa shape index (κ3) is 3.92. The first kappa shape index (κ1) is 16.9. The van der Waals surface area contributed by atoms with Gasteiger partial charge in [-0.1, -0.05) is 11.6 Å². The highest BCUT2D eigenvalue weighted by Crippen LogP contribution is 2.24. The Hall–Kier alpha value is -1.15. The van der Waals surface area contributed by atoms with Crippen LogP contribution in [-0.2, 0) is 14.8 Å². The standard InChI is InChI=1S/C12H16ClNO5S/c1-12(2,7-15)14-20(17,18)10-6-8(11(16)19-3)4-5-9(10)13/h4-6,14-15H,7H2,1-3H3. The molecule has 0 aliphatic rings. The van der Waals surface area contributed by atoms with Crippen molar-refractivity contribution in [2.24, 2.45) is 0 Å². The minimum Gasteiger partial charge on any atom is -0.465 e. The molecule has 0 fully saturated rings. The van der Waals surface area contributed by atoms with Gasteiger partial charge in [0.15, 0.2) is 0 Å². The van der Waals surface area contributed by atoms with Crippen LogP contribution in [0, 0.1) is 0 Å². The lowest BCUT2D eigenvalue weighted by Crippen LogP contribution is -2.46. The lowest BCUT2D eigenvalue weighted by atomic mass is 10.1. The van der Waals surface area contributed by atoms with Crippen LogP contribution < -0.4 is 4.72 Å². The molecule has 0 saturated carbocycles. The first-order valence-corrected chi connectivity index (χ1v) is 7.52. The lowest BCUT2D eigenvalue weighted by molar-refractivity contribution is 0.0600. The molecule has 0 aromatic heterocycles. The summed E-state index contributed by atoms with van der Waals surface area (Å²) in [4.78, 5) is 11.2. The third-order valence-electron chi connectivity index (χ3n) is 2.45. The van der Waals surface area contributed by atoms with Gasteiger partial charge < -0.3 is 9.84 Å². The van der Waals surface area contributed by atoms with E-state index in [4.69, 9.17) is 16.7 Å². The Morgan fingerprint density at radius 2 is 2.05 bits per heavy atom. The quantitative estimate of drug-likeness (QED) is 0.794. The summed E-state index contributed by atoms with van der Waals surface area (Å²) in [7, 11) is -2.78. The van der Waals surface area contributed by atoms with Crippen molar-refractivity contribution in [1.29, 1.82) is 0 Å². The monoisotopic (exact) mass is 321 g/mol. The number of hydrogen-bond donors (Lipinski definition) is 2. The first-order chi connectivity index (χ1) is 9.13. The van der Waals surface area contributed by atoms with Crippen LogP contribution in [0.5, 0.6) is 0 Å². The van der Waals surface area contributed by atoms with Crippen molar-refractivity contribution >= 4 is 27.6 Å². The summed E-state index contributed by atoms with van der Waals surface area (Å²) in [5.41, 5.74) is -0.984. The van der Waals surface area contributed by atoms with Crippen molar-refractivity contribution in [3.05, 3.63) is 28.8 Å². The summed E-state index contributed by atoms with van der Waals surface area (Å²) in [6, 6.07) is 3.79. The second-order valence-electron chi connectivity index (χ2n) is 4.78. The van der Waals surface area contributed by atoms with E-state index >= 15 is 0 Å². The number of esters is 1. The number of ether oxygens (including phenoxy) is 1. The molecule has 0 atom stereocenters. The number of aliphatic hydroxyl groups excluding tert-OH is 1. The Morgan fingerprint density at radius 1 is 1.45 bits per heavy atom. The van der Waals surface area contributed by atoms with E-state index in [1.807, 2.05) is 0 Å². The molecule has 1 aromatic carbocycles. The fourth-order valence-electron chi connectivity index (χ4n) is 1.41. The van der Waals surface area contributed by atoms with Gasteiger partial charge in [0.05, 0.1) is 29.8 Å². The van der Waals surface area contributed by atoms with E-state index in [1.165, 1.54) is 33.1 Å². The second-order valence-corrected chi connectivity index (χ2v) is 6.84. The number of rotatable bonds is 5. The second kappa shape index (κ2) is 6.09. The van der Waals surface area contributed by atoms with Crippen molar-refractivity contribution < 1.29 is 23.1 Å². The molecular weight excluding hydrogens is 306 g/mol. The van der Waals surface area contributed by atoms with E-state index in [-0.39, 0.29) is 22.1 Å². The van der Waals surface area contributed by atoms with Crippen LogP contribution in [0.3, 0.4) is 0 Å². The number of aliphatic hydroxyl groups is 1.